The Kier molecular flexibility index (Phi) is 5.00. The molecule has 1 radical (unpaired) electrons. The Hall–Kier alpha value is -1.25. The van der Waals surface area contributed by atoms with Gasteiger partial charge in [0.2, 0.25) is 5.82 Å². The Labute approximate surface area is 101 Å². The van der Waals surface area contributed by atoms with Gasteiger partial charge in [-0.15, -0.1) is 0 Å². The van der Waals surface area contributed by atoms with Crippen molar-refractivity contribution in [3.05, 3.63) is 40.3 Å². The van der Waals surface area contributed by atoms with Crippen molar-refractivity contribution in [2.75, 3.05) is 14.2 Å². The van der Waals surface area contributed by atoms with E-state index in [1.807, 2.05) is 0 Å². The molecule has 0 fully saturated rings. The van der Waals surface area contributed by atoms with Gasteiger partial charge in [0.05, 0.1) is 5.56 Å². The fraction of sp³-hybridized carbons (Fsp3) is 0.200. The monoisotopic (exact) mass is 283 g/mol. The molecule has 18 heavy (non-hydrogen) atoms. The zero-order valence-corrected chi connectivity index (χ0v) is 10.4. The van der Waals surface area contributed by atoms with Crippen LogP contribution in [0.1, 0.15) is 5.56 Å². The van der Waals surface area contributed by atoms with Gasteiger partial charge >= 0.3 is 9.28 Å². The molecule has 1 aromatic rings. The first-order chi connectivity index (χ1) is 8.43. The highest BCUT2D eigenvalue weighted by molar-refractivity contribution is 6.51. The maximum Gasteiger partial charge on any atom is 0.415 e. The summed E-state index contributed by atoms with van der Waals surface area (Å²) in [4.78, 5) is 0. The molecular formula is C10H8F5O2Si. The molecule has 0 unspecified atom stereocenters. The predicted octanol–water partition coefficient (Wildman–Crippen LogP) is 2.72. The van der Waals surface area contributed by atoms with Gasteiger partial charge in [-0.2, -0.15) is 0 Å². The summed E-state index contributed by atoms with van der Waals surface area (Å²) in [6, 6.07) is 0. The highest BCUT2D eigenvalue weighted by atomic mass is 28.3. The topological polar surface area (TPSA) is 18.5 Å². The van der Waals surface area contributed by atoms with E-state index in [1.165, 1.54) is 14.2 Å². The van der Waals surface area contributed by atoms with Crippen LogP contribution in [0, 0.1) is 29.1 Å². The van der Waals surface area contributed by atoms with Crippen LogP contribution in [0.3, 0.4) is 0 Å². The van der Waals surface area contributed by atoms with Gasteiger partial charge in [0.1, 0.15) is 0 Å². The minimum Gasteiger partial charge on any atom is -0.394 e. The summed E-state index contributed by atoms with van der Waals surface area (Å²) in [5.74, 6) is -9.95. The third-order valence-corrected chi connectivity index (χ3v) is 3.28. The van der Waals surface area contributed by atoms with Gasteiger partial charge in [-0.05, 0) is 5.70 Å². The predicted molar refractivity (Wildman–Crippen MR) is 55.0 cm³/mol. The average molecular weight is 283 g/mol. The summed E-state index contributed by atoms with van der Waals surface area (Å²) in [5.41, 5.74) is 0.0890. The van der Waals surface area contributed by atoms with E-state index in [4.69, 9.17) is 8.85 Å². The number of hydrogen-bond donors (Lipinski definition) is 0. The van der Waals surface area contributed by atoms with E-state index in [1.54, 1.807) is 0 Å². The van der Waals surface area contributed by atoms with Crippen molar-refractivity contribution in [3.8, 4) is 0 Å². The standard InChI is InChI=1S/C10H8F5O2Si/c1-16-18(17-2)4-3-5-6(11)8(13)10(15)9(14)7(5)12/h3-4H,1-2H3. The van der Waals surface area contributed by atoms with Crippen molar-refractivity contribution in [3.63, 3.8) is 0 Å². The maximum absolute atomic E-state index is 13.2. The van der Waals surface area contributed by atoms with E-state index >= 15 is 0 Å². The molecule has 0 aromatic heterocycles. The van der Waals surface area contributed by atoms with Crippen LogP contribution in [0.4, 0.5) is 22.0 Å². The SMILES string of the molecule is CO[Si](C=Cc1c(F)c(F)c(F)c(F)c1F)OC. The van der Waals surface area contributed by atoms with E-state index in [2.05, 4.69) is 0 Å². The van der Waals surface area contributed by atoms with Crippen molar-refractivity contribution in [1.82, 2.24) is 0 Å². The van der Waals surface area contributed by atoms with Crippen LogP contribution in [0.5, 0.6) is 0 Å². The van der Waals surface area contributed by atoms with E-state index in [-0.39, 0.29) is 0 Å². The van der Waals surface area contributed by atoms with Gasteiger partial charge in [0.25, 0.3) is 0 Å². The van der Waals surface area contributed by atoms with Gasteiger partial charge in [0.15, 0.2) is 23.3 Å². The van der Waals surface area contributed by atoms with Crippen molar-refractivity contribution in [2.24, 2.45) is 0 Å². The summed E-state index contributed by atoms with van der Waals surface area (Å²) < 4.78 is 74.4. The van der Waals surface area contributed by atoms with Crippen molar-refractivity contribution in [2.45, 2.75) is 0 Å². The second-order valence-electron chi connectivity index (χ2n) is 3.04. The van der Waals surface area contributed by atoms with Crippen molar-refractivity contribution in [1.29, 1.82) is 0 Å². The molecule has 0 atom stereocenters. The van der Waals surface area contributed by atoms with Gasteiger partial charge in [-0.3, -0.25) is 0 Å². The average Bonchev–Trinajstić information content (AvgIpc) is 2.38. The first-order valence-electron chi connectivity index (χ1n) is 4.58. The van der Waals surface area contributed by atoms with Gasteiger partial charge in [0, 0.05) is 14.2 Å². The van der Waals surface area contributed by atoms with E-state index in [0.29, 0.717) is 0 Å². The van der Waals surface area contributed by atoms with Gasteiger partial charge < -0.3 is 8.85 Å². The lowest BCUT2D eigenvalue weighted by Gasteiger charge is -2.06. The maximum atomic E-state index is 13.2. The van der Waals surface area contributed by atoms with Crippen LogP contribution in [0.2, 0.25) is 0 Å². The summed E-state index contributed by atoms with van der Waals surface area (Å²) in [6.07, 6.45) is 0.748. The summed E-state index contributed by atoms with van der Waals surface area (Å²) in [7, 11) is 0.643. The molecule has 0 N–H and O–H groups in total. The fourth-order valence-electron chi connectivity index (χ4n) is 1.14. The molecule has 0 saturated heterocycles. The van der Waals surface area contributed by atoms with Crippen molar-refractivity contribution < 1.29 is 30.8 Å². The Morgan fingerprint density at radius 2 is 1.17 bits per heavy atom. The van der Waals surface area contributed by atoms with E-state index < -0.39 is 43.9 Å². The van der Waals surface area contributed by atoms with Crippen LogP contribution < -0.4 is 0 Å². The Morgan fingerprint density at radius 1 is 0.778 bits per heavy atom. The number of hydrogen-bond acceptors (Lipinski definition) is 2. The highest BCUT2D eigenvalue weighted by Gasteiger charge is 2.24. The molecule has 0 bridgehead atoms. The highest BCUT2D eigenvalue weighted by Crippen LogP contribution is 2.24. The Balaban J connectivity index is 3.25. The molecule has 0 heterocycles. The zero-order chi connectivity index (χ0) is 13.9. The second kappa shape index (κ2) is 6.07. The Morgan fingerprint density at radius 3 is 1.56 bits per heavy atom. The third kappa shape index (κ3) is 2.77. The molecule has 0 spiro atoms. The molecule has 0 amide bonds. The largest absolute Gasteiger partial charge is 0.415 e. The van der Waals surface area contributed by atoms with E-state index in [9.17, 15) is 22.0 Å². The summed E-state index contributed by atoms with van der Waals surface area (Å²) in [6.45, 7) is 0. The number of benzene rings is 1. The first-order valence-corrected chi connectivity index (χ1v) is 5.97. The first kappa shape index (κ1) is 14.8. The quantitative estimate of drug-likeness (QED) is 0.366. The fourth-order valence-corrected chi connectivity index (χ4v) is 1.88. The number of rotatable bonds is 4. The molecule has 99 valence electrons. The lowest BCUT2D eigenvalue weighted by atomic mass is 10.1. The molecule has 1 aromatic carbocycles. The minimum atomic E-state index is -2.19. The molecule has 0 aliphatic rings. The van der Waals surface area contributed by atoms with Crippen LogP contribution in [0.25, 0.3) is 6.08 Å². The molecule has 0 aliphatic carbocycles. The summed E-state index contributed by atoms with van der Waals surface area (Å²) in [5, 5.41) is 0. The normalized spacial score (nSPS) is 11.8. The second-order valence-corrected chi connectivity index (χ2v) is 4.83. The Bertz CT molecular complexity index is 445. The molecule has 1 rings (SSSR count). The third-order valence-electron chi connectivity index (χ3n) is 2.03. The van der Waals surface area contributed by atoms with Gasteiger partial charge in [-0.1, -0.05) is 6.08 Å². The molecule has 0 saturated carbocycles. The van der Waals surface area contributed by atoms with Crippen LogP contribution in [-0.2, 0) is 8.85 Å². The minimum absolute atomic E-state index is 0.748. The summed E-state index contributed by atoms with van der Waals surface area (Å²) >= 11 is 0. The van der Waals surface area contributed by atoms with Crippen LogP contribution >= 0.6 is 0 Å². The smallest absolute Gasteiger partial charge is 0.394 e. The van der Waals surface area contributed by atoms with E-state index in [0.717, 1.165) is 11.8 Å². The molecule has 8 heteroatoms. The molecule has 0 aliphatic heterocycles. The van der Waals surface area contributed by atoms with Crippen molar-refractivity contribution >= 4 is 15.4 Å². The van der Waals surface area contributed by atoms with Gasteiger partial charge in [-0.25, -0.2) is 22.0 Å². The number of halogens is 5. The lowest BCUT2D eigenvalue weighted by molar-refractivity contribution is 0.291. The molecule has 2 nitrogen and oxygen atoms in total. The lowest BCUT2D eigenvalue weighted by Crippen LogP contribution is -2.15. The zero-order valence-electron chi connectivity index (χ0n) is 9.36. The van der Waals surface area contributed by atoms with Crippen LogP contribution in [0.15, 0.2) is 5.70 Å². The molecular weight excluding hydrogens is 275 g/mol. The van der Waals surface area contributed by atoms with Crippen LogP contribution in [-0.4, -0.2) is 23.5 Å².